The number of hydrogen-bond donors (Lipinski definition) is 0. The summed E-state index contributed by atoms with van der Waals surface area (Å²) in [6.07, 6.45) is 1.64. The van der Waals surface area contributed by atoms with Gasteiger partial charge in [0.2, 0.25) is 0 Å². The Hall–Kier alpha value is -3.89. The first-order chi connectivity index (χ1) is 19.7. The van der Waals surface area contributed by atoms with Crippen molar-refractivity contribution in [3.05, 3.63) is 101 Å². The van der Waals surface area contributed by atoms with Crippen LogP contribution in [0.5, 0.6) is 11.5 Å². The van der Waals surface area contributed by atoms with Crippen LogP contribution >= 0.6 is 27.3 Å². The topological polar surface area (TPSA) is 92.3 Å². The van der Waals surface area contributed by atoms with E-state index in [0.29, 0.717) is 49.2 Å². The number of allylic oxidation sites excluding steroid dienone is 1. The highest BCUT2D eigenvalue weighted by molar-refractivity contribution is 9.10. The maximum Gasteiger partial charge on any atom is 0.338 e. The Bertz CT molecular complexity index is 1810. The van der Waals surface area contributed by atoms with Crippen LogP contribution < -0.4 is 24.4 Å². The molecule has 8 nitrogen and oxygen atoms in total. The molecule has 3 heterocycles. The number of nitrogens with zero attached hydrogens (tertiary/aromatic N) is 2. The second-order valence-corrected chi connectivity index (χ2v) is 11.5. The van der Waals surface area contributed by atoms with Gasteiger partial charge >= 0.3 is 5.97 Å². The van der Waals surface area contributed by atoms with E-state index in [2.05, 4.69) is 20.9 Å². The van der Waals surface area contributed by atoms with E-state index >= 15 is 0 Å². The summed E-state index contributed by atoms with van der Waals surface area (Å²) in [6.45, 7) is 7.54. The van der Waals surface area contributed by atoms with E-state index in [9.17, 15) is 9.59 Å². The van der Waals surface area contributed by atoms with Gasteiger partial charge in [-0.3, -0.25) is 9.36 Å². The van der Waals surface area contributed by atoms with E-state index in [1.807, 2.05) is 56.3 Å². The molecule has 41 heavy (non-hydrogen) atoms. The minimum absolute atomic E-state index is 0.0597. The summed E-state index contributed by atoms with van der Waals surface area (Å²) in [6, 6.07) is 16.1. The van der Waals surface area contributed by atoms with Gasteiger partial charge in [0.1, 0.15) is 11.5 Å². The van der Waals surface area contributed by atoms with Gasteiger partial charge in [0.15, 0.2) is 16.3 Å². The van der Waals surface area contributed by atoms with Crippen LogP contribution in [-0.2, 0) is 9.53 Å². The number of esters is 1. The molecule has 0 aliphatic carbocycles. The zero-order chi connectivity index (χ0) is 29.3. The van der Waals surface area contributed by atoms with Gasteiger partial charge in [-0.15, -0.1) is 0 Å². The molecular formula is C31H29BrN2O6S. The van der Waals surface area contributed by atoms with E-state index in [-0.39, 0.29) is 18.3 Å². The predicted molar refractivity (Wildman–Crippen MR) is 161 cm³/mol. The summed E-state index contributed by atoms with van der Waals surface area (Å²) in [5, 5.41) is 0. The number of fused-ring (bicyclic) bond motifs is 1. The molecule has 0 bridgehead atoms. The number of aromatic nitrogens is 1. The maximum atomic E-state index is 13.9. The van der Waals surface area contributed by atoms with Gasteiger partial charge < -0.3 is 18.6 Å². The van der Waals surface area contributed by atoms with Gasteiger partial charge in [-0.05, 0) is 69.7 Å². The van der Waals surface area contributed by atoms with Gasteiger partial charge in [-0.2, -0.15) is 0 Å². The first-order valence-corrected chi connectivity index (χ1v) is 14.7. The number of benzene rings is 2. The minimum Gasteiger partial charge on any atom is -0.493 e. The fourth-order valence-electron chi connectivity index (χ4n) is 4.64. The quantitative estimate of drug-likeness (QED) is 0.233. The summed E-state index contributed by atoms with van der Waals surface area (Å²) in [7, 11) is 1.55. The number of carbonyl (C=O) groups is 1. The molecule has 1 atom stereocenters. The third kappa shape index (κ3) is 5.80. The third-order valence-electron chi connectivity index (χ3n) is 6.41. The summed E-state index contributed by atoms with van der Waals surface area (Å²) in [5.41, 5.74) is 2.07. The lowest BCUT2D eigenvalue weighted by molar-refractivity contribution is -0.139. The molecule has 1 aliphatic heterocycles. The Kier molecular flexibility index (Phi) is 8.32. The molecule has 0 unspecified atom stereocenters. The fourth-order valence-corrected chi connectivity index (χ4v) is 5.93. The number of thiazole rings is 1. The lowest BCUT2D eigenvalue weighted by atomic mass is 9.95. The Balaban J connectivity index is 1.64. The molecule has 0 amide bonds. The minimum atomic E-state index is -0.774. The monoisotopic (exact) mass is 636 g/mol. The highest BCUT2D eigenvalue weighted by Crippen LogP contribution is 2.36. The van der Waals surface area contributed by atoms with Gasteiger partial charge in [-0.25, -0.2) is 9.79 Å². The van der Waals surface area contributed by atoms with E-state index in [0.717, 1.165) is 10.0 Å². The van der Waals surface area contributed by atoms with Crippen LogP contribution in [0.3, 0.4) is 0 Å². The number of methoxy groups -OCH3 is 1. The highest BCUT2D eigenvalue weighted by Gasteiger charge is 2.34. The molecule has 5 rings (SSSR count). The van der Waals surface area contributed by atoms with Crippen molar-refractivity contribution in [3.63, 3.8) is 0 Å². The van der Waals surface area contributed by atoms with Crippen molar-refractivity contribution in [1.82, 2.24) is 4.57 Å². The van der Waals surface area contributed by atoms with Crippen LogP contribution in [-0.4, -0.2) is 30.4 Å². The Morgan fingerprint density at radius 1 is 1.15 bits per heavy atom. The van der Waals surface area contributed by atoms with Crippen LogP contribution in [0.15, 0.2) is 84.5 Å². The van der Waals surface area contributed by atoms with Crippen LogP contribution in [0.1, 0.15) is 45.1 Å². The second-order valence-electron chi connectivity index (χ2n) is 9.59. The molecule has 0 radical (unpaired) electrons. The Morgan fingerprint density at radius 3 is 2.59 bits per heavy atom. The summed E-state index contributed by atoms with van der Waals surface area (Å²) >= 11 is 4.68. The van der Waals surface area contributed by atoms with Crippen LogP contribution in [0, 0.1) is 0 Å². The molecule has 0 saturated heterocycles. The van der Waals surface area contributed by atoms with E-state index in [4.69, 9.17) is 18.6 Å². The van der Waals surface area contributed by atoms with Crippen molar-refractivity contribution >= 4 is 39.3 Å². The fraction of sp³-hybridized carbons (Fsp3) is 0.258. The molecule has 0 spiro atoms. The SMILES string of the molecule is CCOC(=O)C1=C(C)N=c2s/c(=C/c3ccc(-c4ccc(Br)cc4)o3)c(=O)n2[C@@H]1c1ccc(OC(C)C)c(OC)c1. The lowest BCUT2D eigenvalue weighted by Crippen LogP contribution is -2.40. The number of furan rings is 1. The number of hydrogen-bond acceptors (Lipinski definition) is 8. The lowest BCUT2D eigenvalue weighted by Gasteiger charge is -2.25. The second kappa shape index (κ2) is 11.9. The number of carbonyl (C=O) groups excluding carboxylic acids is 1. The van der Waals surface area contributed by atoms with Gasteiger partial charge in [0.25, 0.3) is 5.56 Å². The largest absolute Gasteiger partial charge is 0.493 e. The van der Waals surface area contributed by atoms with Crippen molar-refractivity contribution in [2.24, 2.45) is 4.99 Å². The standard InChI is InChI=1S/C31H29BrN2O6S/c1-6-38-30(36)27-18(4)33-31-34(28(27)20-9-13-24(39-17(2)3)25(15-20)37-5)29(35)26(41-31)16-22-12-14-23(40-22)19-7-10-21(32)11-8-19/h7-17,28H,6H2,1-5H3/b26-16+/t28-/m1/s1. The zero-order valence-electron chi connectivity index (χ0n) is 23.3. The predicted octanol–water partition coefficient (Wildman–Crippen LogP) is 5.62. The van der Waals surface area contributed by atoms with Crippen LogP contribution in [0.4, 0.5) is 0 Å². The van der Waals surface area contributed by atoms with Crippen LogP contribution in [0.25, 0.3) is 17.4 Å². The van der Waals surface area contributed by atoms with Crippen molar-refractivity contribution in [3.8, 4) is 22.8 Å². The molecule has 0 saturated carbocycles. The smallest absolute Gasteiger partial charge is 0.338 e. The third-order valence-corrected chi connectivity index (χ3v) is 7.92. The average Bonchev–Trinajstić information content (AvgIpc) is 3.52. The van der Waals surface area contributed by atoms with Crippen molar-refractivity contribution in [2.45, 2.75) is 39.8 Å². The average molecular weight is 638 g/mol. The maximum absolute atomic E-state index is 13.9. The Labute approximate surface area is 249 Å². The number of halogens is 1. The van der Waals surface area contributed by atoms with E-state index < -0.39 is 12.0 Å². The van der Waals surface area contributed by atoms with Crippen molar-refractivity contribution < 1.29 is 23.4 Å². The van der Waals surface area contributed by atoms with Crippen LogP contribution in [0.2, 0.25) is 0 Å². The first-order valence-electron chi connectivity index (χ1n) is 13.1. The molecule has 1 aliphatic rings. The van der Waals surface area contributed by atoms with Crippen molar-refractivity contribution in [2.75, 3.05) is 13.7 Å². The number of ether oxygens (including phenoxy) is 3. The molecular weight excluding hydrogens is 608 g/mol. The number of rotatable bonds is 8. The van der Waals surface area contributed by atoms with E-state index in [1.165, 1.54) is 15.9 Å². The Morgan fingerprint density at radius 2 is 1.90 bits per heavy atom. The van der Waals surface area contributed by atoms with Gasteiger partial charge in [0.05, 0.1) is 41.7 Å². The van der Waals surface area contributed by atoms with Gasteiger partial charge in [-0.1, -0.05) is 45.5 Å². The molecule has 0 fully saturated rings. The molecule has 212 valence electrons. The molecule has 0 N–H and O–H groups in total. The molecule has 2 aromatic carbocycles. The van der Waals surface area contributed by atoms with E-state index in [1.54, 1.807) is 39.2 Å². The molecule has 4 aromatic rings. The summed E-state index contributed by atoms with van der Waals surface area (Å²) in [4.78, 5) is 32.2. The molecule has 2 aromatic heterocycles. The zero-order valence-corrected chi connectivity index (χ0v) is 25.7. The van der Waals surface area contributed by atoms with Gasteiger partial charge in [0, 0.05) is 16.1 Å². The summed E-state index contributed by atoms with van der Waals surface area (Å²) < 4.78 is 25.9. The van der Waals surface area contributed by atoms with Crippen molar-refractivity contribution in [1.29, 1.82) is 0 Å². The normalized spacial score (nSPS) is 15.1. The molecule has 10 heteroatoms. The first kappa shape index (κ1) is 28.6. The summed E-state index contributed by atoms with van der Waals surface area (Å²) in [5.74, 6) is 1.75. The highest BCUT2D eigenvalue weighted by atomic mass is 79.9.